The standard InChI is InChI=1S/C16H14Cl3NO3/c17-11-2-1-3-12(18)10(11)8-23-15-5-4-9(6-13(15)19)7-14(20)16(21)22/h1-6,14H,7-8,20H2,(H,21,22)/t14-/m0/s1. The molecule has 4 nitrogen and oxygen atoms in total. The van der Waals surface area contributed by atoms with Crippen molar-refractivity contribution in [3.05, 3.63) is 62.6 Å². The summed E-state index contributed by atoms with van der Waals surface area (Å²) in [6.45, 7) is 0.173. The van der Waals surface area contributed by atoms with Gasteiger partial charge in [-0.25, -0.2) is 0 Å². The van der Waals surface area contributed by atoms with Crippen molar-refractivity contribution in [1.82, 2.24) is 0 Å². The van der Waals surface area contributed by atoms with Crippen molar-refractivity contribution in [3.63, 3.8) is 0 Å². The Kier molecular flexibility index (Phi) is 6.13. The highest BCUT2D eigenvalue weighted by Gasteiger charge is 2.14. The lowest BCUT2D eigenvalue weighted by Gasteiger charge is -2.12. The van der Waals surface area contributed by atoms with E-state index in [1.54, 1.807) is 36.4 Å². The van der Waals surface area contributed by atoms with E-state index in [2.05, 4.69) is 0 Å². The number of aliphatic carboxylic acids is 1. The van der Waals surface area contributed by atoms with Gasteiger partial charge in [0.1, 0.15) is 18.4 Å². The van der Waals surface area contributed by atoms with Crippen molar-refractivity contribution >= 4 is 40.8 Å². The number of carbonyl (C=O) groups is 1. The quantitative estimate of drug-likeness (QED) is 0.795. The summed E-state index contributed by atoms with van der Waals surface area (Å²) >= 11 is 18.3. The number of nitrogens with two attached hydrogens (primary N) is 1. The minimum atomic E-state index is -1.06. The lowest BCUT2D eigenvalue weighted by Crippen LogP contribution is -2.32. The normalized spacial score (nSPS) is 12.0. The van der Waals surface area contributed by atoms with Crippen molar-refractivity contribution in [2.45, 2.75) is 19.1 Å². The van der Waals surface area contributed by atoms with E-state index in [-0.39, 0.29) is 13.0 Å². The summed E-state index contributed by atoms with van der Waals surface area (Å²) < 4.78 is 5.64. The number of hydrogen-bond acceptors (Lipinski definition) is 3. The van der Waals surface area contributed by atoms with Crippen LogP contribution >= 0.6 is 34.8 Å². The molecule has 0 aromatic heterocycles. The Morgan fingerprint density at radius 2 is 1.78 bits per heavy atom. The van der Waals surface area contributed by atoms with Crippen molar-refractivity contribution in [2.75, 3.05) is 0 Å². The maximum absolute atomic E-state index is 10.8. The zero-order valence-electron chi connectivity index (χ0n) is 11.9. The lowest BCUT2D eigenvalue weighted by molar-refractivity contribution is -0.138. The van der Waals surface area contributed by atoms with Gasteiger partial charge in [-0.1, -0.05) is 46.9 Å². The average molecular weight is 375 g/mol. The van der Waals surface area contributed by atoms with Gasteiger partial charge in [0.05, 0.1) is 5.02 Å². The highest BCUT2D eigenvalue weighted by Crippen LogP contribution is 2.30. The second kappa shape index (κ2) is 7.88. The van der Waals surface area contributed by atoms with Crippen LogP contribution in [0.1, 0.15) is 11.1 Å². The smallest absolute Gasteiger partial charge is 0.320 e. The van der Waals surface area contributed by atoms with Crippen LogP contribution in [0, 0.1) is 0 Å². The Morgan fingerprint density at radius 3 is 2.35 bits per heavy atom. The molecule has 2 aromatic rings. The summed E-state index contributed by atoms with van der Waals surface area (Å²) in [7, 11) is 0. The highest BCUT2D eigenvalue weighted by atomic mass is 35.5. The fourth-order valence-electron chi connectivity index (χ4n) is 1.95. The van der Waals surface area contributed by atoms with Gasteiger partial charge < -0.3 is 15.6 Å². The fourth-order valence-corrected chi connectivity index (χ4v) is 2.71. The van der Waals surface area contributed by atoms with Crippen molar-refractivity contribution in [2.24, 2.45) is 5.73 Å². The number of hydrogen-bond donors (Lipinski definition) is 2. The number of halogens is 3. The molecule has 0 aliphatic carbocycles. The van der Waals surface area contributed by atoms with E-state index >= 15 is 0 Å². The summed E-state index contributed by atoms with van der Waals surface area (Å²) in [5.74, 6) is -0.606. The Labute approximate surface area is 148 Å². The van der Waals surface area contributed by atoms with E-state index in [1.807, 2.05) is 0 Å². The van der Waals surface area contributed by atoms with Crippen LogP contribution in [0.5, 0.6) is 5.75 Å². The van der Waals surface area contributed by atoms with Crippen LogP contribution in [0.25, 0.3) is 0 Å². The average Bonchev–Trinajstić information content (AvgIpc) is 2.48. The molecule has 0 amide bonds. The topological polar surface area (TPSA) is 72.5 Å². The van der Waals surface area contributed by atoms with Crippen LogP contribution < -0.4 is 10.5 Å². The molecule has 3 N–H and O–H groups in total. The maximum atomic E-state index is 10.8. The minimum Gasteiger partial charge on any atom is -0.487 e. The lowest BCUT2D eigenvalue weighted by atomic mass is 10.1. The fraction of sp³-hybridized carbons (Fsp3) is 0.188. The van der Waals surface area contributed by atoms with Gasteiger partial charge in [-0.05, 0) is 36.2 Å². The van der Waals surface area contributed by atoms with Crippen LogP contribution in [0.4, 0.5) is 0 Å². The number of rotatable bonds is 6. The second-order valence-corrected chi connectivity index (χ2v) is 6.12. The van der Waals surface area contributed by atoms with Gasteiger partial charge in [0, 0.05) is 15.6 Å². The Morgan fingerprint density at radius 1 is 1.13 bits per heavy atom. The molecule has 0 aliphatic rings. The molecule has 0 aliphatic heterocycles. The molecule has 0 heterocycles. The summed E-state index contributed by atoms with van der Waals surface area (Å²) in [5.41, 5.74) is 6.89. The summed E-state index contributed by atoms with van der Waals surface area (Å²) in [6, 6.07) is 9.25. The van der Waals surface area contributed by atoms with Gasteiger partial charge >= 0.3 is 5.97 Å². The zero-order valence-corrected chi connectivity index (χ0v) is 14.2. The number of benzene rings is 2. The van der Waals surface area contributed by atoms with Crippen LogP contribution in [0.2, 0.25) is 15.1 Å². The third-order valence-corrected chi connectivity index (χ3v) is 4.21. The molecule has 0 bridgehead atoms. The first-order chi connectivity index (χ1) is 10.9. The molecule has 0 spiro atoms. The number of carboxylic acids is 1. The molecular formula is C16H14Cl3NO3. The van der Waals surface area contributed by atoms with Gasteiger partial charge in [-0.3, -0.25) is 4.79 Å². The Bertz CT molecular complexity index is 701. The van der Waals surface area contributed by atoms with Crippen LogP contribution in [0.15, 0.2) is 36.4 Å². The van der Waals surface area contributed by atoms with E-state index in [0.717, 1.165) is 0 Å². The van der Waals surface area contributed by atoms with Crippen molar-refractivity contribution in [1.29, 1.82) is 0 Å². The summed E-state index contributed by atoms with van der Waals surface area (Å²) in [5, 5.41) is 10.2. The zero-order chi connectivity index (χ0) is 17.0. The van der Waals surface area contributed by atoms with Gasteiger partial charge in [0.2, 0.25) is 0 Å². The van der Waals surface area contributed by atoms with E-state index in [9.17, 15) is 4.79 Å². The summed E-state index contributed by atoms with van der Waals surface area (Å²) in [4.78, 5) is 10.8. The van der Waals surface area contributed by atoms with Crippen LogP contribution in [0.3, 0.4) is 0 Å². The van der Waals surface area contributed by atoms with Crippen LogP contribution in [-0.2, 0) is 17.8 Å². The van der Waals surface area contributed by atoms with Gasteiger partial charge in [0.25, 0.3) is 0 Å². The molecule has 0 fully saturated rings. The SMILES string of the molecule is N[C@@H](Cc1ccc(OCc2c(Cl)cccc2Cl)c(Cl)c1)C(=O)O. The molecular weight excluding hydrogens is 361 g/mol. The summed E-state index contributed by atoms with van der Waals surface area (Å²) in [6.07, 6.45) is 0.186. The molecule has 0 radical (unpaired) electrons. The number of ether oxygens (including phenoxy) is 1. The van der Waals surface area contributed by atoms with Gasteiger partial charge in [0.15, 0.2) is 0 Å². The number of carboxylic acid groups (broad SMARTS) is 1. The highest BCUT2D eigenvalue weighted by molar-refractivity contribution is 6.36. The third-order valence-electron chi connectivity index (χ3n) is 3.20. The second-order valence-electron chi connectivity index (χ2n) is 4.90. The molecule has 0 unspecified atom stereocenters. The van der Waals surface area contributed by atoms with Gasteiger partial charge in [-0.15, -0.1) is 0 Å². The minimum absolute atomic E-state index is 0.173. The Balaban J connectivity index is 2.08. The van der Waals surface area contributed by atoms with Crippen molar-refractivity contribution < 1.29 is 14.6 Å². The molecule has 1 atom stereocenters. The maximum Gasteiger partial charge on any atom is 0.320 e. The van der Waals surface area contributed by atoms with Crippen LogP contribution in [-0.4, -0.2) is 17.1 Å². The van der Waals surface area contributed by atoms with Crippen molar-refractivity contribution in [3.8, 4) is 5.75 Å². The first-order valence-electron chi connectivity index (χ1n) is 6.71. The Hall–Kier alpha value is -1.46. The van der Waals surface area contributed by atoms with E-state index < -0.39 is 12.0 Å². The molecule has 122 valence electrons. The monoisotopic (exact) mass is 373 g/mol. The first-order valence-corrected chi connectivity index (χ1v) is 7.84. The third kappa shape index (κ3) is 4.75. The molecule has 0 saturated heterocycles. The predicted molar refractivity (Wildman–Crippen MR) is 91.6 cm³/mol. The first kappa shape index (κ1) is 17.9. The molecule has 2 rings (SSSR count). The predicted octanol–water partition coefficient (Wildman–Crippen LogP) is 4.18. The largest absolute Gasteiger partial charge is 0.487 e. The molecule has 2 aromatic carbocycles. The molecule has 23 heavy (non-hydrogen) atoms. The van der Waals surface area contributed by atoms with E-state index in [4.69, 9.17) is 50.4 Å². The van der Waals surface area contributed by atoms with E-state index in [0.29, 0.717) is 31.9 Å². The molecule has 0 saturated carbocycles. The van der Waals surface area contributed by atoms with Gasteiger partial charge in [-0.2, -0.15) is 0 Å². The molecule has 7 heteroatoms. The van der Waals surface area contributed by atoms with E-state index in [1.165, 1.54) is 0 Å².